The van der Waals surface area contributed by atoms with Gasteiger partial charge in [-0.2, -0.15) is 0 Å². The second kappa shape index (κ2) is 10.1. The van der Waals surface area contributed by atoms with Crippen LogP contribution < -0.4 is 21.3 Å². The van der Waals surface area contributed by atoms with Crippen LogP contribution in [0, 0.1) is 0 Å². The van der Waals surface area contributed by atoms with Crippen LogP contribution in [0.15, 0.2) is 24.4 Å². The van der Waals surface area contributed by atoms with Gasteiger partial charge in [0.05, 0.1) is 10.6 Å². The fourth-order valence-corrected chi connectivity index (χ4v) is 6.11. The molecular formula is C24H39N7S. The number of hydrogen-bond donors (Lipinski definition) is 4. The number of anilines is 1. The Morgan fingerprint density at radius 2 is 1.84 bits per heavy atom. The van der Waals surface area contributed by atoms with Crippen molar-refractivity contribution in [2.45, 2.75) is 64.2 Å². The van der Waals surface area contributed by atoms with Gasteiger partial charge in [-0.3, -0.25) is 4.90 Å². The number of piperidine rings is 1. The molecule has 2 aliphatic heterocycles. The Morgan fingerprint density at radius 1 is 1.09 bits per heavy atom. The zero-order chi connectivity index (χ0) is 22.6. The van der Waals surface area contributed by atoms with Gasteiger partial charge >= 0.3 is 0 Å². The van der Waals surface area contributed by atoms with Crippen molar-refractivity contribution in [2.75, 3.05) is 44.6 Å². The van der Waals surface area contributed by atoms with Gasteiger partial charge in [-0.15, -0.1) is 11.3 Å². The fraction of sp³-hybridized carbons (Fsp3) is 0.667. The second-order valence-corrected chi connectivity index (χ2v) is 11.6. The maximum absolute atomic E-state index is 4.84. The molecule has 0 spiro atoms. The van der Waals surface area contributed by atoms with Crippen molar-refractivity contribution in [3.8, 4) is 10.6 Å². The van der Waals surface area contributed by atoms with Crippen molar-refractivity contribution < 1.29 is 0 Å². The van der Waals surface area contributed by atoms with E-state index in [9.17, 15) is 0 Å². The number of aromatic nitrogens is 2. The molecule has 176 valence electrons. The molecule has 2 fully saturated rings. The van der Waals surface area contributed by atoms with Crippen LogP contribution in [0.4, 0.5) is 5.95 Å². The summed E-state index contributed by atoms with van der Waals surface area (Å²) in [7, 11) is 0. The van der Waals surface area contributed by atoms with Gasteiger partial charge < -0.3 is 21.3 Å². The third kappa shape index (κ3) is 6.71. The van der Waals surface area contributed by atoms with Crippen molar-refractivity contribution in [1.29, 1.82) is 0 Å². The summed E-state index contributed by atoms with van der Waals surface area (Å²) in [6.45, 7) is 16.7. The minimum Gasteiger partial charge on any atom is -0.351 e. The third-order valence-electron chi connectivity index (χ3n) is 6.21. The standard InChI is InChI=1S/C24H39N7S/c1-23(2)15-18(16-24(3,4)30-23)28-22-27-8-7-20(29-22)21-6-5-19(32-21)17-26-11-14-31-12-9-25-10-13-31/h5-8,18,25-26,30H,9-17H2,1-4H3,(H,27,28,29). The van der Waals surface area contributed by atoms with E-state index in [0.717, 1.165) is 70.3 Å². The number of nitrogens with zero attached hydrogens (tertiary/aromatic N) is 3. The zero-order valence-corrected chi connectivity index (χ0v) is 20.8. The highest BCUT2D eigenvalue weighted by Gasteiger charge is 2.37. The lowest BCUT2D eigenvalue weighted by Crippen LogP contribution is -2.60. The van der Waals surface area contributed by atoms with Gasteiger partial charge in [-0.05, 0) is 58.7 Å². The van der Waals surface area contributed by atoms with E-state index in [1.165, 1.54) is 9.75 Å². The van der Waals surface area contributed by atoms with E-state index in [0.29, 0.717) is 6.04 Å². The van der Waals surface area contributed by atoms with E-state index in [2.05, 4.69) is 71.0 Å². The van der Waals surface area contributed by atoms with Crippen LogP contribution in [0.25, 0.3) is 10.6 Å². The molecule has 4 N–H and O–H groups in total. The molecule has 8 heteroatoms. The molecule has 4 rings (SSSR count). The third-order valence-corrected chi connectivity index (χ3v) is 7.31. The smallest absolute Gasteiger partial charge is 0.223 e. The van der Waals surface area contributed by atoms with Crippen molar-refractivity contribution in [2.24, 2.45) is 0 Å². The van der Waals surface area contributed by atoms with Crippen LogP contribution in [-0.2, 0) is 6.54 Å². The highest BCUT2D eigenvalue weighted by atomic mass is 32.1. The molecule has 2 aromatic rings. The van der Waals surface area contributed by atoms with E-state index >= 15 is 0 Å². The Morgan fingerprint density at radius 3 is 2.59 bits per heavy atom. The maximum Gasteiger partial charge on any atom is 0.223 e. The number of thiophene rings is 1. The number of rotatable bonds is 8. The summed E-state index contributed by atoms with van der Waals surface area (Å²) in [5, 5.41) is 14.3. The molecule has 0 aliphatic carbocycles. The molecule has 2 aliphatic rings. The summed E-state index contributed by atoms with van der Waals surface area (Å²) in [4.78, 5) is 14.4. The summed E-state index contributed by atoms with van der Waals surface area (Å²) in [6.07, 6.45) is 3.96. The Hall–Kier alpha value is -1.58. The molecule has 0 radical (unpaired) electrons. The molecule has 4 heterocycles. The average Bonchev–Trinajstić information content (AvgIpc) is 3.19. The molecule has 2 saturated heterocycles. The first-order valence-electron chi connectivity index (χ1n) is 11.9. The van der Waals surface area contributed by atoms with Gasteiger partial charge in [0, 0.05) is 74.0 Å². The maximum atomic E-state index is 4.84. The second-order valence-electron chi connectivity index (χ2n) is 10.4. The minimum atomic E-state index is 0.0948. The Bertz CT molecular complexity index is 857. The average molecular weight is 458 g/mol. The molecule has 2 aromatic heterocycles. The van der Waals surface area contributed by atoms with Crippen LogP contribution in [0.5, 0.6) is 0 Å². The van der Waals surface area contributed by atoms with Crippen molar-refractivity contribution in [1.82, 2.24) is 30.8 Å². The predicted octanol–water partition coefficient (Wildman–Crippen LogP) is 2.92. The van der Waals surface area contributed by atoms with Crippen LogP contribution in [0.3, 0.4) is 0 Å². The number of hydrogen-bond acceptors (Lipinski definition) is 8. The minimum absolute atomic E-state index is 0.0948. The lowest BCUT2D eigenvalue weighted by atomic mass is 9.80. The molecule has 0 saturated carbocycles. The van der Waals surface area contributed by atoms with Gasteiger partial charge in [0.2, 0.25) is 5.95 Å². The molecule has 0 bridgehead atoms. The van der Waals surface area contributed by atoms with Crippen molar-refractivity contribution >= 4 is 17.3 Å². The molecule has 0 atom stereocenters. The summed E-state index contributed by atoms with van der Waals surface area (Å²) in [5.41, 5.74) is 1.18. The van der Waals surface area contributed by atoms with Gasteiger partial charge in [0.1, 0.15) is 0 Å². The monoisotopic (exact) mass is 457 g/mol. The van der Waals surface area contributed by atoms with E-state index in [4.69, 9.17) is 4.98 Å². The van der Waals surface area contributed by atoms with E-state index in [-0.39, 0.29) is 11.1 Å². The van der Waals surface area contributed by atoms with E-state index < -0.39 is 0 Å². The Kier molecular flexibility index (Phi) is 7.47. The quantitative estimate of drug-likeness (QED) is 0.454. The van der Waals surface area contributed by atoms with Crippen LogP contribution in [0.2, 0.25) is 0 Å². The Labute approximate surface area is 196 Å². The molecule has 0 unspecified atom stereocenters. The summed E-state index contributed by atoms with van der Waals surface area (Å²) < 4.78 is 0. The van der Waals surface area contributed by atoms with E-state index in [1.807, 2.05) is 23.6 Å². The lowest BCUT2D eigenvalue weighted by molar-refractivity contribution is 0.170. The highest BCUT2D eigenvalue weighted by molar-refractivity contribution is 7.15. The first-order valence-corrected chi connectivity index (χ1v) is 12.7. The fourth-order valence-electron chi connectivity index (χ4n) is 5.17. The number of piperazine rings is 1. The van der Waals surface area contributed by atoms with Gasteiger partial charge in [0.25, 0.3) is 0 Å². The summed E-state index contributed by atoms with van der Waals surface area (Å²) in [5.74, 6) is 0.727. The topological polar surface area (TPSA) is 77.1 Å². The normalized spacial score (nSPS) is 21.5. The molecule has 0 aromatic carbocycles. The molecular weight excluding hydrogens is 418 g/mol. The lowest BCUT2D eigenvalue weighted by Gasteiger charge is -2.46. The zero-order valence-electron chi connectivity index (χ0n) is 20.0. The molecule has 32 heavy (non-hydrogen) atoms. The van der Waals surface area contributed by atoms with Gasteiger partial charge in [-0.25, -0.2) is 9.97 Å². The summed E-state index contributed by atoms with van der Waals surface area (Å²) >= 11 is 1.81. The highest BCUT2D eigenvalue weighted by Crippen LogP contribution is 2.31. The summed E-state index contributed by atoms with van der Waals surface area (Å²) in [6, 6.07) is 6.76. The van der Waals surface area contributed by atoms with Crippen LogP contribution in [-0.4, -0.2) is 71.3 Å². The van der Waals surface area contributed by atoms with Crippen LogP contribution in [0.1, 0.15) is 45.4 Å². The first-order chi connectivity index (χ1) is 15.3. The SMILES string of the molecule is CC1(C)CC(Nc2nccc(-c3ccc(CNCCN4CCNCC4)s3)n2)CC(C)(C)N1. The van der Waals surface area contributed by atoms with Gasteiger partial charge in [-0.1, -0.05) is 0 Å². The largest absolute Gasteiger partial charge is 0.351 e. The molecule has 0 amide bonds. The van der Waals surface area contributed by atoms with Crippen molar-refractivity contribution in [3.05, 3.63) is 29.3 Å². The first kappa shape index (κ1) is 23.6. The van der Waals surface area contributed by atoms with Crippen LogP contribution >= 0.6 is 11.3 Å². The predicted molar refractivity (Wildman–Crippen MR) is 134 cm³/mol. The molecule has 7 nitrogen and oxygen atoms in total. The number of nitrogens with one attached hydrogen (secondary N) is 4. The van der Waals surface area contributed by atoms with Gasteiger partial charge in [0.15, 0.2) is 0 Å². The van der Waals surface area contributed by atoms with E-state index in [1.54, 1.807) is 0 Å². The Balaban J connectivity index is 1.31. The van der Waals surface area contributed by atoms with Crippen molar-refractivity contribution in [3.63, 3.8) is 0 Å².